The summed E-state index contributed by atoms with van der Waals surface area (Å²) < 4.78 is 0.627. The van der Waals surface area contributed by atoms with Crippen LogP contribution in [0.2, 0.25) is 0 Å². The zero-order valence-corrected chi connectivity index (χ0v) is 12.0. The van der Waals surface area contributed by atoms with Gasteiger partial charge in [-0.25, -0.2) is 4.79 Å². The fourth-order valence-corrected chi connectivity index (χ4v) is 2.30. The van der Waals surface area contributed by atoms with Crippen LogP contribution in [0, 0.1) is 11.3 Å². The van der Waals surface area contributed by atoms with Crippen molar-refractivity contribution in [2.75, 3.05) is 5.32 Å². The van der Waals surface area contributed by atoms with Gasteiger partial charge in [-0.3, -0.25) is 0 Å². The van der Waals surface area contributed by atoms with E-state index in [1.54, 1.807) is 42.5 Å². The quantitative estimate of drug-likeness (QED) is 0.898. The molecule has 0 fully saturated rings. The molecule has 100 valence electrons. The molecule has 0 heterocycles. The van der Waals surface area contributed by atoms with Crippen LogP contribution in [0.15, 0.2) is 53.0 Å². The summed E-state index contributed by atoms with van der Waals surface area (Å²) in [5.74, 6) is -1.000. The largest absolute Gasteiger partial charge is 0.479 e. The van der Waals surface area contributed by atoms with Gasteiger partial charge in [-0.15, -0.1) is 0 Å². The third kappa shape index (κ3) is 2.98. The Kier molecular flexibility index (Phi) is 4.38. The molecule has 2 rings (SSSR count). The molecule has 1 unspecified atom stereocenters. The Morgan fingerprint density at radius 3 is 2.50 bits per heavy atom. The Hall–Kier alpha value is -2.32. The maximum Gasteiger partial charge on any atom is 0.330 e. The highest BCUT2D eigenvalue weighted by molar-refractivity contribution is 9.10. The average molecular weight is 331 g/mol. The lowest BCUT2D eigenvalue weighted by molar-refractivity contribution is -0.138. The van der Waals surface area contributed by atoms with Gasteiger partial charge in [0.15, 0.2) is 6.04 Å². The molecular formula is C15H11BrN2O2. The highest BCUT2D eigenvalue weighted by Gasteiger charge is 2.20. The summed E-state index contributed by atoms with van der Waals surface area (Å²) in [5.41, 5.74) is 1.50. The highest BCUT2D eigenvalue weighted by atomic mass is 79.9. The van der Waals surface area contributed by atoms with Crippen LogP contribution >= 0.6 is 15.9 Å². The van der Waals surface area contributed by atoms with Crippen molar-refractivity contribution >= 4 is 27.6 Å². The molecule has 2 N–H and O–H groups in total. The van der Waals surface area contributed by atoms with Gasteiger partial charge in [0.2, 0.25) is 0 Å². The first kappa shape index (κ1) is 14.1. The lowest BCUT2D eigenvalue weighted by Gasteiger charge is -2.17. The summed E-state index contributed by atoms with van der Waals surface area (Å²) in [6.45, 7) is 0. The molecule has 0 saturated carbocycles. The number of hydrogen-bond acceptors (Lipinski definition) is 3. The van der Waals surface area contributed by atoms with Gasteiger partial charge in [-0.1, -0.05) is 36.4 Å². The van der Waals surface area contributed by atoms with Crippen molar-refractivity contribution in [1.82, 2.24) is 0 Å². The number of nitrogens with zero attached hydrogens (tertiary/aromatic N) is 1. The average Bonchev–Trinajstić information content (AvgIpc) is 2.45. The van der Waals surface area contributed by atoms with E-state index in [1.807, 2.05) is 6.07 Å². The van der Waals surface area contributed by atoms with Crippen LogP contribution < -0.4 is 5.32 Å². The predicted molar refractivity (Wildman–Crippen MR) is 79.3 cm³/mol. The second kappa shape index (κ2) is 6.22. The standard InChI is InChI=1S/C15H11BrN2O2/c16-12-7-4-8-13(11(12)9-17)18-14(15(19)20)10-5-2-1-3-6-10/h1-8,14,18H,(H,19,20). The normalized spacial score (nSPS) is 11.4. The number of nitriles is 1. The molecule has 4 nitrogen and oxygen atoms in total. The fourth-order valence-electron chi connectivity index (χ4n) is 1.85. The number of anilines is 1. The topological polar surface area (TPSA) is 73.1 Å². The van der Waals surface area contributed by atoms with Gasteiger partial charge in [0.1, 0.15) is 6.07 Å². The van der Waals surface area contributed by atoms with Crippen molar-refractivity contribution in [2.45, 2.75) is 6.04 Å². The molecule has 0 aromatic heterocycles. The van der Waals surface area contributed by atoms with Crippen molar-refractivity contribution < 1.29 is 9.90 Å². The van der Waals surface area contributed by atoms with Gasteiger partial charge >= 0.3 is 5.97 Å². The Labute approximate surface area is 124 Å². The Morgan fingerprint density at radius 2 is 1.90 bits per heavy atom. The Bertz CT molecular complexity index is 665. The number of aliphatic carboxylic acids is 1. The van der Waals surface area contributed by atoms with Crippen LogP contribution in [0.25, 0.3) is 0 Å². The minimum atomic E-state index is -1.000. The number of hydrogen-bond donors (Lipinski definition) is 2. The monoisotopic (exact) mass is 330 g/mol. The van der Waals surface area contributed by atoms with Crippen molar-refractivity contribution in [3.05, 3.63) is 64.1 Å². The minimum Gasteiger partial charge on any atom is -0.479 e. The van der Waals surface area contributed by atoms with Crippen LogP contribution in [-0.2, 0) is 4.79 Å². The molecule has 0 aliphatic rings. The van der Waals surface area contributed by atoms with Crippen LogP contribution in [0.5, 0.6) is 0 Å². The number of carboxylic acid groups (broad SMARTS) is 1. The summed E-state index contributed by atoms with van der Waals surface area (Å²) in [7, 11) is 0. The zero-order valence-electron chi connectivity index (χ0n) is 10.4. The molecule has 2 aromatic carbocycles. The minimum absolute atomic E-state index is 0.384. The SMILES string of the molecule is N#Cc1c(Br)cccc1NC(C(=O)O)c1ccccc1. The number of benzene rings is 2. The predicted octanol–water partition coefficient (Wildman–Crippen LogP) is 3.56. The molecule has 5 heteroatoms. The number of rotatable bonds is 4. The Balaban J connectivity index is 2.38. The molecule has 0 amide bonds. The van der Waals surface area contributed by atoms with E-state index in [0.29, 0.717) is 21.3 Å². The second-order valence-electron chi connectivity index (χ2n) is 4.10. The van der Waals surface area contributed by atoms with E-state index >= 15 is 0 Å². The second-order valence-corrected chi connectivity index (χ2v) is 4.95. The molecule has 0 aliphatic heterocycles. The Morgan fingerprint density at radius 1 is 1.20 bits per heavy atom. The first-order valence-electron chi connectivity index (χ1n) is 5.86. The van der Waals surface area contributed by atoms with E-state index in [1.165, 1.54) is 0 Å². The summed E-state index contributed by atoms with van der Waals surface area (Å²) in [5, 5.41) is 21.4. The van der Waals surface area contributed by atoms with Crippen molar-refractivity contribution in [3.63, 3.8) is 0 Å². The number of carbonyl (C=O) groups is 1. The number of halogens is 1. The van der Waals surface area contributed by atoms with Crippen LogP contribution in [0.3, 0.4) is 0 Å². The van der Waals surface area contributed by atoms with Crippen LogP contribution in [0.1, 0.15) is 17.2 Å². The maximum atomic E-state index is 11.4. The molecule has 0 aliphatic carbocycles. The lowest BCUT2D eigenvalue weighted by atomic mass is 10.1. The van der Waals surface area contributed by atoms with Gasteiger partial charge in [0.25, 0.3) is 0 Å². The van der Waals surface area contributed by atoms with E-state index in [2.05, 4.69) is 27.3 Å². The molecule has 20 heavy (non-hydrogen) atoms. The molecule has 1 atom stereocenters. The number of carboxylic acids is 1. The van der Waals surface area contributed by atoms with Gasteiger partial charge in [-0.2, -0.15) is 5.26 Å². The zero-order chi connectivity index (χ0) is 14.5. The summed E-state index contributed by atoms with van der Waals surface area (Å²) >= 11 is 3.28. The molecule has 0 bridgehead atoms. The van der Waals surface area contributed by atoms with Crippen molar-refractivity contribution in [1.29, 1.82) is 5.26 Å². The smallest absolute Gasteiger partial charge is 0.330 e. The van der Waals surface area contributed by atoms with E-state index < -0.39 is 12.0 Å². The third-order valence-electron chi connectivity index (χ3n) is 2.81. The van der Waals surface area contributed by atoms with E-state index in [0.717, 1.165) is 0 Å². The van der Waals surface area contributed by atoms with Gasteiger partial charge < -0.3 is 10.4 Å². The van der Waals surface area contributed by atoms with E-state index in [9.17, 15) is 9.90 Å². The van der Waals surface area contributed by atoms with Gasteiger partial charge in [-0.05, 0) is 33.6 Å². The van der Waals surface area contributed by atoms with Crippen LogP contribution in [0.4, 0.5) is 5.69 Å². The van der Waals surface area contributed by atoms with Crippen molar-refractivity contribution in [2.24, 2.45) is 0 Å². The van der Waals surface area contributed by atoms with Crippen molar-refractivity contribution in [3.8, 4) is 6.07 Å². The number of nitrogens with one attached hydrogen (secondary N) is 1. The lowest BCUT2D eigenvalue weighted by Crippen LogP contribution is -2.21. The summed E-state index contributed by atoms with van der Waals surface area (Å²) in [6.07, 6.45) is 0. The molecule has 0 radical (unpaired) electrons. The summed E-state index contributed by atoms with van der Waals surface area (Å²) in [6, 6.07) is 15.2. The molecule has 2 aromatic rings. The molecule has 0 spiro atoms. The van der Waals surface area contributed by atoms with E-state index in [-0.39, 0.29) is 0 Å². The van der Waals surface area contributed by atoms with E-state index in [4.69, 9.17) is 5.26 Å². The first-order valence-corrected chi connectivity index (χ1v) is 6.65. The van der Waals surface area contributed by atoms with Gasteiger partial charge in [0, 0.05) is 4.47 Å². The first-order chi connectivity index (χ1) is 9.63. The maximum absolute atomic E-state index is 11.4. The molecule has 0 saturated heterocycles. The van der Waals surface area contributed by atoms with Crippen LogP contribution in [-0.4, -0.2) is 11.1 Å². The highest BCUT2D eigenvalue weighted by Crippen LogP contribution is 2.27. The third-order valence-corrected chi connectivity index (χ3v) is 3.47. The fraction of sp³-hybridized carbons (Fsp3) is 0.0667. The van der Waals surface area contributed by atoms with Gasteiger partial charge in [0.05, 0.1) is 11.3 Å². The summed E-state index contributed by atoms with van der Waals surface area (Å²) in [4.78, 5) is 11.4. The molecular weight excluding hydrogens is 320 g/mol.